The number of aromatic nitrogens is 1. The number of anilines is 1. The average molecular weight is 451 g/mol. The minimum Gasteiger partial charge on any atom is -0.483 e. The minimum absolute atomic E-state index is 0.136. The van der Waals surface area contributed by atoms with E-state index in [9.17, 15) is 9.59 Å². The molecule has 0 unspecified atom stereocenters. The number of methoxy groups -OCH3 is 1. The summed E-state index contributed by atoms with van der Waals surface area (Å²) in [6, 6.07) is 13.3. The second-order valence-corrected chi connectivity index (χ2v) is 8.28. The van der Waals surface area contributed by atoms with Crippen molar-refractivity contribution in [2.45, 2.75) is 20.8 Å². The van der Waals surface area contributed by atoms with Gasteiger partial charge in [0.2, 0.25) is 5.88 Å². The Balaban J connectivity index is 1.65. The molecule has 0 saturated heterocycles. The van der Waals surface area contributed by atoms with Gasteiger partial charge in [-0.3, -0.25) is 10.1 Å². The van der Waals surface area contributed by atoms with Gasteiger partial charge >= 0.3 is 5.97 Å². The quantitative estimate of drug-likeness (QED) is 0.402. The number of rotatable bonds is 6. The molecule has 4 rings (SSSR count). The van der Waals surface area contributed by atoms with E-state index in [1.165, 1.54) is 18.4 Å². The van der Waals surface area contributed by atoms with E-state index in [4.69, 9.17) is 13.9 Å². The van der Waals surface area contributed by atoms with Gasteiger partial charge in [-0.25, -0.2) is 9.78 Å². The van der Waals surface area contributed by atoms with Crippen LogP contribution in [0.3, 0.4) is 0 Å². The third-order valence-corrected chi connectivity index (χ3v) is 6.20. The third kappa shape index (κ3) is 4.09. The largest absolute Gasteiger partial charge is 0.483 e. The number of nitrogens with one attached hydrogen (secondary N) is 1. The second-order valence-electron chi connectivity index (χ2n) is 7.25. The number of amides is 1. The summed E-state index contributed by atoms with van der Waals surface area (Å²) < 4.78 is 17.3. The number of aryl methyl sites for hydroxylation is 2. The summed E-state index contributed by atoms with van der Waals surface area (Å²) >= 11 is 1.40. The molecule has 0 bridgehead atoms. The average Bonchev–Trinajstić information content (AvgIpc) is 3.34. The standard InChI is InChI=1S/C24H22N2O5S/c1-13-8-7-10-17(14(13)2)30-12-19(27)26-22-21(20(15(3)31-22)24(28)29-4)23-25-16-9-5-6-11-18(16)32-23/h5-11H,12H2,1-4H3,(H,26,27). The zero-order valence-electron chi connectivity index (χ0n) is 18.1. The fourth-order valence-corrected chi connectivity index (χ4v) is 4.36. The first kappa shape index (κ1) is 21.6. The fraction of sp³-hybridized carbons (Fsp3) is 0.208. The fourth-order valence-electron chi connectivity index (χ4n) is 3.35. The van der Waals surface area contributed by atoms with Crippen molar-refractivity contribution >= 4 is 39.3 Å². The maximum atomic E-state index is 12.7. The number of benzene rings is 2. The molecule has 4 aromatic rings. The first-order chi connectivity index (χ1) is 15.4. The molecule has 1 N–H and O–H groups in total. The number of para-hydroxylation sites is 1. The highest BCUT2D eigenvalue weighted by Gasteiger charge is 2.28. The molecule has 0 spiro atoms. The van der Waals surface area contributed by atoms with E-state index in [2.05, 4.69) is 10.3 Å². The molecule has 2 heterocycles. The number of furan rings is 1. The Kier molecular flexibility index (Phi) is 5.96. The predicted octanol–water partition coefficient (Wildman–Crippen LogP) is 5.29. The van der Waals surface area contributed by atoms with E-state index < -0.39 is 11.9 Å². The number of nitrogens with zero attached hydrogens (tertiary/aromatic N) is 1. The van der Waals surface area contributed by atoms with Crippen LogP contribution in [0.4, 0.5) is 5.88 Å². The lowest BCUT2D eigenvalue weighted by molar-refractivity contribution is -0.118. The molecule has 0 aliphatic rings. The van der Waals surface area contributed by atoms with Crippen LogP contribution in [0.1, 0.15) is 27.2 Å². The molecule has 164 valence electrons. The van der Waals surface area contributed by atoms with Gasteiger partial charge in [0, 0.05) is 0 Å². The van der Waals surface area contributed by atoms with Gasteiger partial charge in [-0.2, -0.15) is 0 Å². The zero-order valence-corrected chi connectivity index (χ0v) is 19.0. The van der Waals surface area contributed by atoms with Crippen LogP contribution in [-0.2, 0) is 9.53 Å². The summed E-state index contributed by atoms with van der Waals surface area (Å²) in [7, 11) is 1.30. The maximum absolute atomic E-state index is 12.7. The Morgan fingerprint density at radius 1 is 1.09 bits per heavy atom. The van der Waals surface area contributed by atoms with Crippen molar-refractivity contribution in [3.05, 3.63) is 64.9 Å². The van der Waals surface area contributed by atoms with Gasteiger partial charge < -0.3 is 13.9 Å². The number of fused-ring (bicyclic) bond motifs is 1. The lowest BCUT2D eigenvalue weighted by Gasteiger charge is -2.10. The molecule has 0 aliphatic carbocycles. The van der Waals surface area contributed by atoms with Gasteiger partial charge in [0.05, 0.1) is 22.9 Å². The maximum Gasteiger partial charge on any atom is 0.342 e. The lowest BCUT2D eigenvalue weighted by Crippen LogP contribution is -2.20. The SMILES string of the molecule is COC(=O)c1c(C)oc(NC(=O)COc2cccc(C)c2C)c1-c1nc2ccccc2s1. The molecular weight excluding hydrogens is 428 g/mol. The second kappa shape index (κ2) is 8.84. The summed E-state index contributed by atoms with van der Waals surface area (Å²) in [6.07, 6.45) is 0. The van der Waals surface area contributed by atoms with Gasteiger partial charge in [0.1, 0.15) is 22.1 Å². The highest BCUT2D eigenvalue weighted by molar-refractivity contribution is 7.21. The summed E-state index contributed by atoms with van der Waals surface area (Å²) in [5, 5.41) is 3.28. The summed E-state index contributed by atoms with van der Waals surface area (Å²) in [5.74, 6) is 0.122. The van der Waals surface area contributed by atoms with Crippen LogP contribution in [-0.4, -0.2) is 30.6 Å². The van der Waals surface area contributed by atoms with Crippen LogP contribution in [0.5, 0.6) is 5.75 Å². The smallest absolute Gasteiger partial charge is 0.342 e. The summed E-state index contributed by atoms with van der Waals surface area (Å²) in [4.78, 5) is 29.8. The first-order valence-corrected chi connectivity index (χ1v) is 10.8. The van der Waals surface area contributed by atoms with Gasteiger partial charge in [-0.1, -0.05) is 24.3 Å². The molecule has 0 saturated carbocycles. The van der Waals surface area contributed by atoms with Gasteiger partial charge in [-0.05, 0) is 50.1 Å². The Morgan fingerprint density at radius 3 is 2.62 bits per heavy atom. The number of carbonyl (C=O) groups excluding carboxylic acids is 2. The number of thiazole rings is 1. The molecule has 2 aromatic heterocycles. The van der Waals surface area contributed by atoms with Crippen molar-refractivity contribution in [3.63, 3.8) is 0 Å². The van der Waals surface area contributed by atoms with Gasteiger partial charge in [-0.15, -0.1) is 11.3 Å². The highest BCUT2D eigenvalue weighted by atomic mass is 32.1. The monoisotopic (exact) mass is 450 g/mol. The van der Waals surface area contributed by atoms with Crippen molar-refractivity contribution in [2.24, 2.45) is 0 Å². The van der Waals surface area contributed by atoms with Crippen molar-refractivity contribution < 1.29 is 23.5 Å². The van der Waals surface area contributed by atoms with Crippen LogP contribution in [0, 0.1) is 20.8 Å². The van der Waals surface area contributed by atoms with Crippen LogP contribution in [0.15, 0.2) is 46.9 Å². The zero-order chi connectivity index (χ0) is 22.8. The van der Waals surface area contributed by atoms with Gasteiger partial charge in [0.15, 0.2) is 6.61 Å². The van der Waals surface area contributed by atoms with Crippen LogP contribution in [0.25, 0.3) is 20.8 Å². The van der Waals surface area contributed by atoms with E-state index in [0.29, 0.717) is 22.1 Å². The molecular formula is C24H22N2O5S. The normalized spacial score (nSPS) is 10.9. The Labute approximate surface area is 189 Å². The van der Waals surface area contributed by atoms with Crippen molar-refractivity contribution in [1.82, 2.24) is 4.98 Å². The van der Waals surface area contributed by atoms with Crippen LogP contribution in [0.2, 0.25) is 0 Å². The van der Waals surface area contributed by atoms with E-state index >= 15 is 0 Å². The number of ether oxygens (including phenoxy) is 2. The third-order valence-electron chi connectivity index (χ3n) is 5.15. The first-order valence-electron chi connectivity index (χ1n) is 9.95. The molecule has 0 radical (unpaired) electrons. The van der Waals surface area contributed by atoms with Crippen molar-refractivity contribution in [1.29, 1.82) is 0 Å². The molecule has 1 amide bonds. The number of hydrogen-bond donors (Lipinski definition) is 1. The Morgan fingerprint density at radius 2 is 1.88 bits per heavy atom. The predicted molar refractivity (Wildman–Crippen MR) is 123 cm³/mol. The van der Waals surface area contributed by atoms with E-state index in [-0.39, 0.29) is 18.1 Å². The summed E-state index contributed by atoms with van der Waals surface area (Å²) in [6.45, 7) is 5.35. The summed E-state index contributed by atoms with van der Waals surface area (Å²) in [5.41, 5.74) is 3.47. The molecule has 0 atom stereocenters. The number of carbonyl (C=O) groups is 2. The minimum atomic E-state index is -0.562. The molecule has 8 heteroatoms. The molecule has 2 aromatic carbocycles. The Hall–Kier alpha value is -3.65. The lowest BCUT2D eigenvalue weighted by atomic mass is 10.1. The number of hydrogen-bond acceptors (Lipinski definition) is 7. The highest BCUT2D eigenvalue weighted by Crippen LogP contribution is 2.40. The van der Waals surface area contributed by atoms with Gasteiger partial charge in [0.25, 0.3) is 5.91 Å². The van der Waals surface area contributed by atoms with E-state index in [1.807, 2.05) is 56.3 Å². The molecule has 7 nitrogen and oxygen atoms in total. The van der Waals surface area contributed by atoms with Crippen LogP contribution >= 0.6 is 11.3 Å². The number of esters is 1. The van der Waals surface area contributed by atoms with E-state index in [1.54, 1.807) is 6.92 Å². The Bertz CT molecular complexity index is 1290. The molecule has 32 heavy (non-hydrogen) atoms. The topological polar surface area (TPSA) is 90.7 Å². The van der Waals surface area contributed by atoms with Crippen molar-refractivity contribution in [2.75, 3.05) is 19.0 Å². The van der Waals surface area contributed by atoms with Crippen molar-refractivity contribution in [3.8, 4) is 16.3 Å². The van der Waals surface area contributed by atoms with Crippen LogP contribution < -0.4 is 10.1 Å². The molecule has 0 fully saturated rings. The van der Waals surface area contributed by atoms with E-state index in [0.717, 1.165) is 21.3 Å². The molecule has 0 aliphatic heterocycles.